The molecule has 0 bridgehead atoms. The van der Waals surface area contributed by atoms with Crippen molar-refractivity contribution in [3.63, 3.8) is 0 Å². The number of thiophene rings is 1. The number of benzene rings is 1. The minimum absolute atomic E-state index is 0.703. The van der Waals surface area contributed by atoms with E-state index in [-0.39, 0.29) is 0 Å². The number of ether oxygens (including phenoxy) is 1. The first-order valence-electron chi connectivity index (χ1n) is 11.3. The normalized spacial score (nSPS) is 14.9. The molecule has 3 aromatic heterocycles. The van der Waals surface area contributed by atoms with Crippen molar-refractivity contribution >= 4 is 43.3 Å². The molecule has 1 aliphatic rings. The van der Waals surface area contributed by atoms with E-state index in [2.05, 4.69) is 66.5 Å². The summed E-state index contributed by atoms with van der Waals surface area (Å²) in [6.45, 7) is 10.8. The molecule has 1 fully saturated rings. The van der Waals surface area contributed by atoms with Crippen LogP contribution in [0.2, 0.25) is 0 Å². The number of anilines is 2. The van der Waals surface area contributed by atoms with E-state index in [9.17, 15) is 0 Å². The summed E-state index contributed by atoms with van der Waals surface area (Å²) < 4.78 is 6.22. The molecule has 0 radical (unpaired) electrons. The van der Waals surface area contributed by atoms with Crippen molar-refractivity contribution in [2.24, 2.45) is 0 Å². The number of methoxy groups -OCH3 is 1. The average molecular weight is 464 g/mol. The molecule has 0 aliphatic carbocycles. The fourth-order valence-electron chi connectivity index (χ4n) is 4.27. The molecule has 1 saturated heterocycles. The summed E-state index contributed by atoms with van der Waals surface area (Å²) in [4.78, 5) is 14.9. The van der Waals surface area contributed by atoms with E-state index < -0.39 is 0 Å². The van der Waals surface area contributed by atoms with Crippen LogP contribution < -0.4 is 10.2 Å². The van der Waals surface area contributed by atoms with E-state index in [1.165, 1.54) is 11.3 Å². The number of aryl methyl sites for hydroxylation is 2. The largest absolute Gasteiger partial charge is 0.383 e. The number of piperazine rings is 1. The molecule has 172 valence electrons. The maximum Gasteiger partial charge on any atom is 0.149 e. The van der Waals surface area contributed by atoms with Gasteiger partial charge in [0.2, 0.25) is 0 Å². The molecule has 33 heavy (non-hydrogen) atoms. The minimum atomic E-state index is 0.703. The summed E-state index contributed by atoms with van der Waals surface area (Å²) in [5, 5.41) is 13.2. The van der Waals surface area contributed by atoms with Crippen LogP contribution in [-0.4, -0.2) is 71.5 Å². The zero-order valence-corrected chi connectivity index (χ0v) is 20.2. The van der Waals surface area contributed by atoms with Crippen molar-refractivity contribution in [1.29, 1.82) is 0 Å². The number of hydrogen-bond acceptors (Lipinski definition) is 9. The van der Waals surface area contributed by atoms with E-state index in [0.29, 0.717) is 6.54 Å². The summed E-state index contributed by atoms with van der Waals surface area (Å²) in [5.41, 5.74) is 5.52. The van der Waals surface area contributed by atoms with E-state index in [0.717, 1.165) is 76.8 Å². The SMILES string of the molecule is COCCN1CCN(c2ccc(CNc3ncnc4c3sc3nnc(C)c(C)c34)cc2)CC1. The summed E-state index contributed by atoms with van der Waals surface area (Å²) in [7, 11) is 1.76. The Bertz CT molecular complexity index is 1250. The lowest BCUT2D eigenvalue weighted by molar-refractivity contribution is 0.144. The number of nitrogens with one attached hydrogen (secondary N) is 1. The number of nitrogens with zero attached hydrogens (tertiary/aromatic N) is 6. The zero-order valence-electron chi connectivity index (χ0n) is 19.3. The van der Waals surface area contributed by atoms with Gasteiger partial charge >= 0.3 is 0 Å². The summed E-state index contributed by atoms with van der Waals surface area (Å²) in [5.74, 6) is 0.844. The average Bonchev–Trinajstić information content (AvgIpc) is 3.24. The predicted molar refractivity (Wildman–Crippen MR) is 134 cm³/mol. The van der Waals surface area contributed by atoms with Crippen LogP contribution in [-0.2, 0) is 11.3 Å². The van der Waals surface area contributed by atoms with Gasteiger partial charge in [0, 0.05) is 57.5 Å². The lowest BCUT2D eigenvalue weighted by Gasteiger charge is -2.36. The van der Waals surface area contributed by atoms with Gasteiger partial charge in [-0.1, -0.05) is 12.1 Å². The van der Waals surface area contributed by atoms with Crippen molar-refractivity contribution in [3.8, 4) is 0 Å². The Kier molecular flexibility index (Phi) is 6.34. The molecule has 0 spiro atoms. The quantitative estimate of drug-likeness (QED) is 0.445. The number of fused-ring (bicyclic) bond motifs is 3. The Hall–Kier alpha value is -2.88. The molecular weight excluding hydrogens is 434 g/mol. The molecule has 4 heterocycles. The number of aromatic nitrogens is 4. The molecule has 0 unspecified atom stereocenters. The first-order valence-corrected chi connectivity index (χ1v) is 12.1. The third kappa shape index (κ3) is 4.48. The first kappa shape index (κ1) is 21.9. The van der Waals surface area contributed by atoms with Crippen molar-refractivity contribution in [2.45, 2.75) is 20.4 Å². The van der Waals surface area contributed by atoms with Gasteiger partial charge in [-0.05, 0) is 37.1 Å². The third-order valence-electron chi connectivity index (χ3n) is 6.41. The second-order valence-corrected chi connectivity index (χ2v) is 9.43. The van der Waals surface area contributed by atoms with Crippen LogP contribution >= 0.6 is 11.3 Å². The Labute approximate surface area is 197 Å². The predicted octanol–water partition coefficient (Wildman–Crippen LogP) is 3.63. The fourth-order valence-corrected chi connectivity index (χ4v) is 5.37. The van der Waals surface area contributed by atoms with Crippen molar-refractivity contribution in [1.82, 2.24) is 25.1 Å². The summed E-state index contributed by atoms with van der Waals surface area (Å²) >= 11 is 1.59. The number of hydrogen-bond donors (Lipinski definition) is 1. The second kappa shape index (κ2) is 9.54. The molecule has 0 saturated carbocycles. The van der Waals surface area contributed by atoms with E-state index in [1.807, 2.05) is 6.92 Å². The van der Waals surface area contributed by atoms with Gasteiger partial charge in [0.05, 0.1) is 22.5 Å². The molecule has 8 nitrogen and oxygen atoms in total. The Morgan fingerprint density at radius 3 is 2.58 bits per heavy atom. The minimum Gasteiger partial charge on any atom is -0.383 e. The highest BCUT2D eigenvalue weighted by Crippen LogP contribution is 2.36. The second-order valence-electron chi connectivity index (χ2n) is 8.43. The van der Waals surface area contributed by atoms with Gasteiger partial charge in [-0.15, -0.1) is 16.4 Å². The van der Waals surface area contributed by atoms with E-state index in [4.69, 9.17) is 4.74 Å². The standard InChI is InChI=1S/C24H29N7OS/c1-16-17(2)28-29-24-20(16)21-22(33-24)23(27-15-26-21)25-14-18-4-6-19(7-5-18)31-10-8-30(9-11-31)12-13-32-3/h4-7,15H,8-14H2,1-3H3,(H,25,26,27). The van der Waals surface area contributed by atoms with Gasteiger partial charge in [0.1, 0.15) is 17.0 Å². The Morgan fingerprint density at radius 1 is 1.03 bits per heavy atom. The van der Waals surface area contributed by atoms with Gasteiger partial charge in [-0.3, -0.25) is 4.90 Å². The van der Waals surface area contributed by atoms with Crippen LogP contribution in [0, 0.1) is 13.8 Å². The van der Waals surface area contributed by atoms with Gasteiger partial charge < -0.3 is 15.0 Å². The van der Waals surface area contributed by atoms with Crippen LogP contribution in [0.5, 0.6) is 0 Å². The van der Waals surface area contributed by atoms with Crippen LogP contribution in [0.3, 0.4) is 0 Å². The topological polar surface area (TPSA) is 79.3 Å². The summed E-state index contributed by atoms with van der Waals surface area (Å²) in [6.07, 6.45) is 1.63. The molecule has 5 rings (SSSR count). The molecule has 1 N–H and O–H groups in total. The highest BCUT2D eigenvalue weighted by molar-refractivity contribution is 7.25. The maximum absolute atomic E-state index is 5.20. The van der Waals surface area contributed by atoms with Crippen LogP contribution in [0.1, 0.15) is 16.8 Å². The van der Waals surface area contributed by atoms with Crippen molar-refractivity contribution in [2.75, 3.05) is 56.7 Å². The molecule has 9 heteroatoms. The molecule has 0 amide bonds. The van der Waals surface area contributed by atoms with E-state index in [1.54, 1.807) is 24.8 Å². The molecular formula is C24H29N7OS. The molecule has 4 aromatic rings. The monoisotopic (exact) mass is 463 g/mol. The smallest absolute Gasteiger partial charge is 0.149 e. The van der Waals surface area contributed by atoms with Crippen LogP contribution in [0.15, 0.2) is 30.6 Å². The lowest BCUT2D eigenvalue weighted by atomic mass is 10.1. The lowest BCUT2D eigenvalue weighted by Crippen LogP contribution is -2.47. The molecule has 0 atom stereocenters. The maximum atomic E-state index is 5.20. The third-order valence-corrected chi connectivity index (χ3v) is 7.48. The van der Waals surface area contributed by atoms with Gasteiger partial charge in [0.25, 0.3) is 0 Å². The van der Waals surface area contributed by atoms with Gasteiger partial charge in [-0.25, -0.2) is 9.97 Å². The van der Waals surface area contributed by atoms with Crippen molar-refractivity contribution < 1.29 is 4.74 Å². The first-order chi connectivity index (χ1) is 16.1. The fraction of sp³-hybridized carbons (Fsp3) is 0.417. The van der Waals surface area contributed by atoms with E-state index >= 15 is 0 Å². The van der Waals surface area contributed by atoms with Crippen LogP contribution in [0.25, 0.3) is 20.4 Å². The number of rotatable bonds is 7. The highest BCUT2D eigenvalue weighted by atomic mass is 32.1. The summed E-state index contributed by atoms with van der Waals surface area (Å²) in [6, 6.07) is 8.83. The Balaban J connectivity index is 1.26. The molecule has 1 aromatic carbocycles. The van der Waals surface area contributed by atoms with Crippen LogP contribution in [0.4, 0.5) is 11.5 Å². The molecule has 1 aliphatic heterocycles. The zero-order chi connectivity index (χ0) is 22.8. The highest BCUT2D eigenvalue weighted by Gasteiger charge is 2.18. The van der Waals surface area contributed by atoms with Gasteiger partial charge in [-0.2, -0.15) is 5.10 Å². The van der Waals surface area contributed by atoms with Gasteiger partial charge in [0.15, 0.2) is 0 Å². The Morgan fingerprint density at radius 2 is 1.82 bits per heavy atom. The van der Waals surface area contributed by atoms with Crippen molar-refractivity contribution in [3.05, 3.63) is 47.4 Å².